The van der Waals surface area contributed by atoms with Crippen LogP contribution in [0.25, 0.3) is 0 Å². The Hall–Kier alpha value is -3.08. The van der Waals surface area contributed by atoms with Gasteiger partial charge in [0, 0.05) is 51.9 Å². The zero-order chi connectivity index (χ0) is 64.5. The number of rotatable bonds is 34. The summed E-state index contributed by atoms with van der Waals surface area (Å²) in [6.45, 7) is -4.00. The predicted octanol–water partition coefficient (Wildman–Crippen LogP) is -11.1. The lowest BCUT2D eigenvalue weighted by Gasteiger charge is -2.46. The maximum Gasteiger partial charge on any atom is 0.333 e. The number of amides is 3. The summed E-state index contributed by atoms with van der Waals surface area (Å²) in [5, 5.41) is 187. The number of aliphatic hydroxyl groups is 18. The summed E-state index contributed by atoms with van der Waals surface area (Å²) in [6.07, 6.45) is -40.6. The minimum absolute atomic E-state index is 0.0359. The second-order valence-corrected chi connectivity index (χ2v) is 22.2. The van der Waals surface area contributed by atoms with Crippen molar-refractivity contribution in [1.29, 1.82) is 0 Å². The van der Waals surface area contributed by atoms with Gasteiger partial charge < -0.3 is 149 Å². The van der Waals surface area contributed by atoms with Gasteiger partial charge in [0.1, 0.15) is 122 Å². The number of hydrogen-bond acceptors (Lipinski definition) is 34. The molecule has 36 nitrogen and oxygen atoms in total. The Morgan fingerprint density at radius 2 is 0.795 bits per heavy atom. The predicted molar refractivity (Wildman–Crippen MR) is 282 cm³/mol. The van der Waals surface area contributed by atoms with Crippen LogP contribution in [0.2, 0.25) is 0 Å². The number of carbonyl (C=O) groups excluding carboxylic acids is 4. The molecule has 0 spiro atoms. The number of nitrogens with zero attached hydrogens (tertiary/aromatic N) is 3. The van der Waals surface area contributed by atoms with Crippen LogP contribution in [-0.4, -0.2) is 370 Å². The molecule has 6 aliphatic rings. The van der Waals surface area contributed by atoms with Gasteiger partial charge in [0.05, 0.1) is 52.9 Å². The Balaban J connectivity index is 1.09. The fraction of sp³-hybridized carbons (Fsp3) is 0.923. The van der Waals surface area contributed by atoms with Crippen LogP contribution in [0.3, 0.4) is 0 Å². The average molecular weight is 1280 g/mol. The lowest BCUT2D eigenvalue weighted by atomic mass is 9.96. The molecule has 0 aromatic heterocycles. The van der Waals surface area contributed by atoms with Gasteiger partial charge in [-0.1, -0.05) is 12.8 Å². The second-order valence-electron chi connectivity index (χ2n) is 22.2. The van der Waals surface area contributed by atoms with Crippen molar-refractivity contribution in [2.45, 2.75) is 218 Å². The lowest BCUT2D eigenvalue weighted by molar-refractivity contribution is -0.366. The zero-order valence-electron chi connectivity index (χ0n) is 48.2. The van der Waals surface area contributed by atoms with Crippen molar-refractivity contribution in [3.8, 4) is 0 Å². The molecule has 510 valence electrons. The molecule has 6 saturated heterocycles. The Morgan fingerprint density at radius 1 is 0.409 bits per heavy atom. The van der Waals surface area contributed by atoms with E-state index < -0.39 is 211 Å². The van der Waals surface area contributed by atoms with Crippen LogP contribution in [-0.2, 0) is 71.4 Å². The van der Waals surface area contributed by atoms with Crippen molar-refractivity contribution in [3.05, 3.63) is 0 Å². The highest BCUT2D eigenvalue weighted by Gasteiger charge is 2.53. The number of unbranched alkanes of at least 4 members (excludes halogenated alkanes) is 4. The molecule has 6 aliphatic heterocycles. The largest absolute Gasteiger partial charge is 0.394 e. The van der Waals surface area contributed by atoms with E-state index in [4.69, 9.17) is 52.2 Å². The number of aliphatic hydroxyl groups excluding tert-OH is 18. The van der Waals surface area contributed by atoms with E-state index in [9.17, 15) is 111 Å². The van der Waals surface area contributed by atoms with E-state index in [0.717, 1.165) is 0 Å². The molecule has 36 heteroatoms. The van der Waals surface area contributed by atoms with Gasteiger partial charge in [-0.15, -0.1) is 5.06 Å². The molecule has 25 atom stereocenters. The Bertz CT molecular complexity index is 2050. The maximum atomic E-state index is 14.1. The lowest BCUT2D eigenvalue weighted by Crippen LogP contribution is -2.65. The second kappa shape index (κ2) is 35.8. The monoisotopic (exact) mass is 1280 g/mol. The van der Waals surface area contributed by atoms with Crippen molar-refractivity contribution in [3.63, 3.8) is 0 Å². The first-order valence-electron chi connectivity index (χ1n) is 29.4. The molecule has 6 heterocycles. The van der Waals surface area contributed by atoms with Crippen molar-refractivity contribution in [1.82, 2.24) is 14.9 Å². The van der Waals surface area contributed by atoms with Crippen LogP contribution in [0.1, 0.15) is 64.2 Å². The molecule has 0 radical (unpaired) electrons. The molecule has 88 heavy (non-hydrogen) atoms. The SMILES string of the molecule is O=C(CCCCCN(CCO[C@H]1O[C@H](CO[C@H]2O[C@H](CO)[C@@H](O)[C@H](O)[C@@H]2O)[C@@H](O)[C@H](O[C@H]2O[C@H](CO)[C@@H](O)[C@H](O)[C@@H]2O)[C@@H]1O)C(=O)CCCCCN(CCO[C@H]1O[C@H](CO)[C@@H](O)[C@H](O)[C@@H]1O)CCO[C@H]1O[C@H](CO)[C@@H](O)[C@H](O)[C@@H]1O)ON1C(=O)CCC1=O. The van der Waals surface area contributed by atoms with Gasteiger partial charge in [0.25, 0.3) is 11.8 Å². The molecule has 0 aromatic carbocycles. The van der Waals surface area contributed by atoms with E-state index in [0.29, 0.717) is 43.7 Å². The van der Waals surface area contributed by atoms with E-state index in [2.05, 4.69) is 0 Å². The highest BCUT2D eigenvalue weighted by atomic mass is 16.8. The van der Waals surface area contributed by atoms with Crippen LogP contribution < -0.4 is 0 Å². The molecule has 3 amide bonds. The average Bonchev–Trinajstić information content (AvgIpc) is 2.36. The van der Waals surface area contributed by atoms with Gasteiger partial charge >= 0.3 is 5.97 Å². The molecule has 6 fully saturated rings. The summed E-state index contributed by atoms with van der Waals surface area (Å²) in [5.41, 5.74) is 0. The highest BCUT2D eigenvalue weighted by molar-refractivity contribution is 6.01. The van der Waals surface area contributed by atoms with E-state index in [-0.39, 0.29) is 77.4 Å². The number of hydrogen-bond donors (Lipinski definition) is 18. The van der Waals surface area contributed by atoms with Crippen LogP contribution in [0.4, 0.5) is 0 Å². The van der Waals surface area contributed by atoms with Gasteiger partial charge in [0.2, 0.25) is 5.91 Å². The smallest absolute Gasteiger partial charge is 0.333 e. The van der Waals surface area contributed by atoms with Gasteiger partial charge in [0.15, 0.2) is 31.5 Å². The molecular weight excluding hydrogens is 1190 g/mol. The van der Waals surface area contributed by atoms with Gasteiger partial charge in [-0.25, -0.2) is 4.79 Å². The third-order valence-electron chi connectivity index (χ3n) is 16.0. The molecule has 0 aliphatic carbocycles. The zero-order valence-corrected chi connectivity index (χ0v) is 48.2. The summed E-state index contributed by atoms with van der Waals surface area (Å²) < 4.78 is 56.4. The molecular formula is C52H89N3O33. The van der Waals surface area contributed by atoms with Gasteiger partial charge in [-0.3, -0.25) is 19.3 Å². The summed E-state index contributed by atoms with van der Waals surface area (Å²) in [6, 6.07) is 0. The molecule has 6 rings (SSSR count). The first kappa shape index (κ1) is 74.0. The first-order valence-corrected chi connectivity index (χ1v) is 29.4. The molecule has 18 N–H and O–H groups in total. The number of ether oxygens (including phenoxy) is 10. The normalized spacial score (nSPS) is 39.1. The first-order chi connectivity index (χ1) is 42.0. The van der Waals surface area contributed by atoms with E-state index in [1.54, 1.807) is 0 Å². The van der Waals surface area contributed by atoms with Crippen LogP contribution in [0, 0.1) is 0 Å². The molecule has 0 saturated carbocycles. The number of hydroxylamine groups is 2. The molecule has 0 unspecified atom stereocenters. The van der Waals surface area contributed by atoms with E-state index in [1.807, 2.05) is 4.90 Å². The summed E-state index contributed by atoms with van der Waals surface area (Å²) in [7, 11) is 0. The standard InChI is InChI=1S/C52H89N3O33/c56-19-24-33(64)38(69)42(73)48(82-24)78-16-13-53(14-17-79-49-43(74)39(70)34(65)25(20-57)83-49)11-5-1-3-7-29(60)54(12-6-2-4-8-32(63)88-55-30(61)9-10-31(55)62)15-18-80-51-46(77)47(87-52-45(76)41(72)36(67)27(22-59)85-52)37(68)28(86-51)23-81-50-44(75)40(71)35(66)26(21-58)84-50/h24-28,33-52,56-59,64-77H,1-23H2/t24-,25-,26-,27-,28-,33-,34-,35-,36-,37-,38+,39+,40+,41+,42+,43+,44+,45+,46+,47+,48+,49+,50+,51+,52-/m1/s1. The summed E-state index contributed by atoms with van der Waals surface area (Å²) in [5.74, 6) is -2.51. The van der Waals surface area contributed by atoms with Crippen molar-refractivity contribution in [2.24, 2.45) is 0 Å². The summed E-state index contributed by atoms with van der Waals surface area (Å²) in [4.78, 5) is 58.7. The Morgan fingerprint density at radius 3 is 1.26 bits per heavy atom. The van der Waals surface area contributed by atoms with Gasteiger partial charge in [-0.2, -0.15) is 0 Å². The quantitative estimate of drug-likeness (QED) is 0.0210. The maximum absolute atomic E-state index is 14.1. The topological polar surface area (TPSA) is 544 Å². The third kappa shape index (κ3) is 19.5. The number of carbonyl (C=O) groups is 4. The Labute approximate surface area is 504 Å². The van der Waals surface area contributed by atoms with Crippen LogP contribution in [0.15, 0.2) is 0 Å². The van der Waals surface area contributed by atoms with Crippen LogP contribution in [0.5, 0.6) is 0 Å². The highest BCUT2D eigenvalue weighted by Crippen LogP contribution is 2.32. The number of imide groups is 1. The van der Waals surface area contributed by atoms with Crippen molar-refractivity contribution < 1.29 is 163 Å². The molecule has 0 bridgehead atoms. The summed E-state index contributed by atoms with van der Waals surface area (Å²) >= 11 is 0. The fourth-order valence-corrected chi connectivity index (χ4v) is 10.6. The minimum atomic E-state index is -2.01. The van der Waals surface area contributed by atoms with E-state index >= 15 is 0 Å². The van der Waals surface area contributed by atoms with Crippen molar-refractivity contribution >= 4 is 23.7 Å². The fourth-order valence-electron chi connectivity index (χ4n) is 10.6. The van der Waals surface area contributed by atoms with Gasteiger partial charge in [-0.05, 0) is 32.2 Å². The molecule has 0 aromatic rings. The van der Waals surface area contributed by atoms with E-state index in [1.165, 1.54) is 4.90 Å². The van der Waals surface area contributed by atoms with Crippen molar-refractivity contribution in [2.75, 3.05) is 85.6 Å². The minimum Gasteiger partial charge on any atom is -0.394 e. The Kier molecular flexibility index (Phi) is 30.1. The third-order valence-corrected chi connectivity index (χ3v) is 16.0. The van der Waals surface area contributed by atoms with Crippen LogP contribution >= 0.6 is 0 Å².